The molecule has 0 radical (unpaired) electrons. The van der Waals surface area contributed by atoms with Gasteiger partial charge in [0.25, 0.3) is 0 Å². The Hall–Kier alpha value is -2.69. The van der Waals surface area contributed by atoms with E-state index in [1.807, 2.05) is 28.8 Å². The Balaban J connectivity index is 2.06. The highest BCUT2D eigenvalue weighted by Crippen LogP contribution is 2.19. The highest BCUT2D eigenvalue weighted by atomic mass is 19.1. The minimum atomic E-state index is -0.246. The third-order valence-corrected chi connectivity index (χ3v) is 3.36. The van der Waals surface area contributed by atoms with Crippen LogP contribution < -0.4 is 5.32 Å². The van der Waals surface area contributed by atoms with Gasteiger partial charge in [-0.05, 0) is 18.2 Å². The van der Waals surface area contributed by atoms with Crippen LogP contribution >= 0.6 is 0 Å². The van der Waals surface area contributed by atoms with Gasteiger partial charge in [-0.3, -0.25) is 4.79 Å². The van der Waals surface area contributed by atoms with Crippen LogP contribution in [0.4, 0.5) is 4.39 Å². The molecule has 4 nitrogen and oxygen atoms in total. The zero-order valence-corrected chi connectivity index (χ0v) is 11.3. The number of halogens is 1. The standard InChI is InChI=1S/C16H14FN3O/c17-13-6-2-1-5-12(13)10-20-15-8-4-3-7-14(15)19-16(20)9-18-11-21/h1-8,11H,9-10H2,(H,18,21). The van der Waals surface area contributed by atoms with Crippen LogP contribution in [0, 0.1) is 5.82 Å². The molecule has 0 bridgehead atoms. The Morgan fingerprint density at radius 2 is 1.90 bits per heavy atom. The topological polar surface area (TPSA) is 46.9 Å². The molecule has 3 aromatic rings. The summed E-state index contributed by atoms with van der Waals surface area (Å²) in [6, 6.07) is 14.3. The predicted octanol–water partition coefficient (Wildman–Crippen LogP) is 2.47. The SMILES string of the molecule is O=CNCc1nc2ccccc2n1Cc1ccccc1F. The van der Waals surface area contributed by atoms with Crippen molar-refractivity contribution in [1.82, 2.24) is 14.9 Å². The second kappa shape index (κ2) is 5.75. The second-order valence-corrected chi connectivity index (χ2v) is 4.69. The molecule has 1 heterocycles. The van der Waals surface area contributed by atoms with Crippen LogP contribution in [-0.2, 0) is 17.9 Å². The fourth-order valence-corrected chi connectivity index (χ4v) is 2.37. The summed E-state index contributed by atoms with van der Waals surface area (Å²) in [4.78, 5) is 15.0. The van der Waals surface area contributed by atoms with E-state index in [0.29, 0.717) is 30.9 Å². The Bertz CT molecular complexity index is 782. The maximum atomic E-state index is 13.9. The largest absolute Gasteiger partial charge is 0.351 e. The van der Waals surface area contributed by atoms with Gasteiger partial charge < -0.3 is 9.88 Å². The Morgan fingerprint density at radius 3 is 2.71 bits per heavy atom. The van der Waals surface area contributed by atoms with Crippen molar-refractivity contribution in [2.24, 2.45) is 0 Å². The van der Waals surface area contributed by atoms with Crippen LogP contribution in [0.2, 0.25) is 0 Å². The number of nitrogens with one attached hydrogen (secondary N) is 1. The van der Waals surface area contributed by atoms with E-state index in [-0.39, 0.29) is 5.82 Å². The molecule has 0 spiro atoms. The van der Waals surface area contributed by atoms with Gasteiger partial charge in [-0.25, -0.2) is 9.37 Å². The molecule has 1 aromatic heterocycles. The lowest BCUT2D eigenvalue weighted by molar-refractivity contribution is -0.109. The molecule has 3 rings (SSSR count). The number of carbonyl (C=O) groups is 1. The minimum absolute atomic E-state index is 0.246. The number of rotatable bonds is 5. The van der Waals surface area contributed by atoms with Crippen LogP contribution in [0.1, 0.15) is 11.4 Å². The van der Waals surface area contributed by atoms with Gasteiger partial charge in [-0.15, -0.1) is 0 Å². The normalized spacial score (nSPS) is 10.7. The lowest BCUT2D eigenvalue weighted by atomic mass is 10.2. The van der Waals surface area contributed by atoms with Gasteiger partial charge in [0.15, 0.2) is 0 Å². The van der Waals surface area contributed by atoms with Crippen molar-refractivity contribution in [2.75, 3.05) is 0 Å². The predicted molar refractivity (Wildman–Crippen MR) is 78.1 cm³/mol. The van der Waals surface area contributed by atoms with Crippen molar-refractivity contribution in [1.29, 1.82) is 0 Å². The molecule has 0 saturated carbocycles. The third-order valence-electron chi connectivity index (χ3n) is 3.36. The summed E-state index contributed by atoms with van der Waals surface area (Å²) in [5, 5.41) is 2.61. The zero-order valence-electron chi connectivity index (χ0n) is 11.3. The van der Waals surface area contributed by atoms with E-state index in [9.17, 15) is 9.18 Å². The van der Waals surface area contributed by atoms with Gasteiger partial charge in [-0.2, -0.15) is 0 Å². The van der Waals surface area contributed by atoms with E-state index in [2.05, 4.69) is 10.3 Å². The van der Waals surface area contributed by atoms with Crippen molar-refractivity contribution in [3.8, 4) is 0 Å². The number of para-hydroxylation sites is 2. The minimum Gasteiger partial charge on any atom is -0.351 e. The van der Waals surface area contributed by atoms with E-state index >= 15 is 0 Å². The summed E-state index contributed by atoms with van der Waals surface area (Å²) < 4.78 is 15.8. The van der Waals surface area contributed by atoms with Crippen LogP contribution in [0.3, 0.4) is 0 Å². The van der Waals surface area contributed by atoms with Crippen molar-refractivity contribution >= 4 is 17.4 Å². The lowest BCUT2D eigenvalue weighted by Gasteiger charge is -2.10. The number of hydrogen-bond donors (Lipinski definition) is 1. The van der Waals surface area contributed by atoms with Gasteiger partial charge in [0.1, 0.15) is 11.6 Å². The molecule has 106 valence electrons. The highest BCUT2D eigenvalue weighted by Gasteiger charge is 2.12. The Kier molecular flexibility index (Phi) is 3.64. The first-order chi connectivity index (χ1) is 10.3. The van der Waals surface area contributed by atoms with Crippen LogP contribution in [0.25, 0.3) is 11.0 Å². The van der Waals surface area contributed by atoms with Crippen molar-refractivity contribution in [2.45, 2.75) is 13.1 Å². The molecule has 0 aliphatic rings. The average molecular weight is 283 g/mol. The molecule has 0 fully saturated rings. The fraction of sp³-hybridized carbons (Fsp3) is 0.125. The van der Waals surface area contributed by atoms with Gasteiger partial charge in [0.2, 0.25) is 6.41 Å². The van der Waals surface area contributed by atoms with E-state index in [1.54, 1.807) is 18.2 Å². The number of hydrogen-bond acceptors (Lipinski definition) is 2. The summed E-state index contributed by atoms with van der Waals surface area (Å²) in [5.74, 6) is 0.455. The fourth-order valence-electron chi connectivity index (χ4n) is 2.37. The summed E-state index contributed by atoms with van der Waals surface area (Å²) >= 11 is 0. The monoisotopic (exact) mass is 283 g/mol. The number of nitrogens with zero attached hydrogens (tertiary/aromatic N) is 2. The number of carbonyl (C=O) groups excluding carboxylic acids is 1. The zero-order chi connectivity index (χ0) is 14.7. The van der Waals surface area contributed by atoms with Crippen LogP contribution in [0.15, 0.2) is 48.5 Å². The quantitative estimate of drug-likeness (QED) is 0.731. The lowest BCUT2D eigenvalue weighted by Crippen LogP contribution is -2.15. The molecule has 5 heteroatoms. The molecule has 1 N–H and O–H groups in total. The maximum absolute atomic E-state index is 13.9. The molecule has 0 saturated heterocycles. The number of fused-ring (bicyclic) bond motifs is 1. The van der Waals surface area contributed by atoms with Gasteiger partial charge in [-0.1, -0.05) is 30.3 Å². The molecule has 0 atom stereocenters. The summed E-state index contributed by atoms with van der Waals surface area (Å²) in [7, 11) is 0. The van der Waals surface area contributed by atoms with E-state index in [1.165, 1.54) is 6.07 Å². The van der Waals surface area contributed by atoms with Gasteiger partial charge >= 0.3 is 0 Å². The number of aromatic nitrogens is 2. The van der Waals surface area contributed by atoms with Gasteiger partial charge in [0.05, 0.1) is 24.1 Å². The van der Waals surface area contributed by atoms with Crippen molar-refractivity contribution in [3.63, 3.8) is 0 Å². The van der Waals surface area contributed by atoms with Crippen molar-refractivity contribution in [3.05, 3.63) is 65.7 Å². The Morgan fingerprint density at radius 1 is 1.14 bits per heavy atom. The average Bonchev–Trinajstić information content (AvgIpc) is 2.85. The first kappa shape index (κ1) is 13.3. The second-order valence-electron chi connectivity index (χ2n) is 4.69. The van der Waals surface area contributed by atoms with E-state index in [0.717, 1.165) is 11.0 Å². The first-order valence-corrected chi connectivity index (χ1v) is 6.64. The van der Waals surface area contributed by atoms with E-state index in [4.69, 9.17) is 0 Å². The van der Waals surface area contributed by atoms with E-state index < -0.39 is 0 Å². The third kappa shape index (κ3) is 2.63. The maximum Gasteiger partial charge on any atom is 0.207 e. The summed E-state index contributed by atoms with van der Waals surface area (Å²) in [6.45, 7) is 0.690. The molecule has 1 amide bonds. The van der Waals surface area contributed by atoms with Crippen LogP contribution in [-0.4, -0.2) is 16.0 Å². The number of imidazole rings is 1. The number of benzene rings is 2. The molecular weight excluding hydrogens is 269 g/mol. The van der Waals surface area contributed by atoms with Gasteiger partial charge in [0, 0.05) is 5.56 Å². The van der Waals surface area contributed by atoms with Crippen molar-refractivity contribution < 1.29 is 9.18 Å². The summed E-state index contributed by atoms with van der Waals surface area (Å²) in [6.07, 6.45) is 0.632. The molecule has 2 aromatic carbocycles. The first-order valence-electron chi connectivity index (χ1n) is 6.64. The number of amides is 1. The molecule has 21 heavy (non-hydrogen) atoms. The van der Waals surface area contributed by atoms with Crippen LogP contribution in [0.5, 0.6) is 0 Å². The molecule has 0 unspecified atom stereocenters. The molecular formula is C16H14FN3O. The summed E-state index contributed by atoms with van der Waals surface area (Å²) in [5.41, 5.74) is 2.34. The Labute approximate surface area is 121 Å². The highest BCUT2D eigenvalue weighted by molar-refractivity contribution is 5.76. The molecule has 0 aliphatic heterocycles. The smallest absolute Gasteiger partial charge is 0.207 e. The molecule has 0 aliphatic carbocycles.